The van der Waals surface area contributed by atoms with Crippen LogP contribution >= 0.6 is 35.3 Å². The van der Waals surface area contributed by atoms with E-state index in [2.05, 4.69) is 30.4 Å². The molecule has 2 heterocycles. The molecule has 0 spiro atoms. The minimum absolute atomic E-state index is 0.206. The molecule has 1 amide bonds. The first-order valence-corrected chi connectivity index (χ1v) is 9.26. The SMILES string of the molecule is Cc1ccc2nc(NC(=S)NC(=O)c3ccc4nsnc4c3)sc2c1. The second kappa shape index (κ2) is 6.43. The Morgan fingerprint density at radius 2 is 1.88 bits per heavy atom. The first-order valence-electron chi connectivity index (χ1n) is 7.30. The van der Waals surface area contributed by atoms with Crippen LogP contribution in [0.5, 0.6) is 0 Å². The average Bonchev–Trinajstić information content (AvgIpc) is 3.19. The van der Waals surface area contributed by atoms with Crippen molar-refractivity contribution in [3.8, 4) is 0 Å². The summed E-state index contributed by atoms with van der Waals surface area (Å²) in [5, 5.41) is 6.47. The fourth-order valence-corrected chi connectivity index (χ4v) is 4.05. The van der Waals surface area contributed by atoms with E-state index in [9.17, 15) is 4.79 Å². The Kier molecular flexibility index (Phi) is 4.12. The van der Waals surface area contributed by atoms with Crippen LogP contribution in [0, 0.1) is 6.92 Å². The van der Waals surface area contributed by atoms with Gasteiger partial charge in [0.05, 0.1) is 21.9 Å². The van der Waals surface area contributed by atoms with Crippen LogP contribution in [0.2, 0.25) is 0 Å². The van der Waals surface area contributed by atoms with Gasteiger partial charge in [-0.1, -0.05) is 17.4 Å². The number of thiocarbonyl (C=S) groups is 1. The highest BCUT2D eigenvalue weighted by Gasteiger charge is 2.11. The molecular formula is C16H11N5OS3. The van der Waals surface area contributed by atoms with Gasteiger partial charge < -0.3 is 5.32 Å². The fraction of sp³-hybridized carbons (Fsp3) is 0.0625. The molecule has 0 aliphatic carbocycles. The van der Waals surface area contributed by atoms with Crippen molar-refractivity contribution in [1.29, 1.82) is 0 Å². The minimum Gasteiger partial charge on any atom is -0.308 e. The highest BCUT2D eigenvalue weighted by molar-refractivity contribution is 7.80. The number of carbonyl (C=O) groups excluding carboxylic acids is 1. The Bertz CT molecular complexity index is 1120. The lowest BCUT2D eigenvalue weighted by atomic mass is 10.2. The number of amides is 1. The number of carbonyl (C=O) groups is 1. The molecule has 4 aromatic rings. The largest absolute Gasteiger partial charge is 0.308 e. The molecule has 0 radical (unpaired) electrons. The lowest BCUT2D eigenvalue weighted by Crippen LogP contribution is -2.34. The molecule has 0 aliphatic heterocycles. The summed E-state index contributed by atoms with van der Waals surface area (Å²) in [7, 11) is 0. The molecule has 0 bridgehead atoms. The average molecular weight is 385 g/mol. The van der Waals surface area contributed by atoms with Gasteiger partial charge in [-0.25, -0.2) is 4.98 Å². The predicted octanol–water partition coefficient (Wildman–Crippen LogP) is 3.74. The van der Waals surface area contributed by atoms with Crippen LogP contribution in [0.15, 0.2) is 36.4 Å². The van der Waals surface area contributed by atoms with E-state index in [0.717, 1.165) is 27.5 Å². The van der Waals surface area contributed by atoms with Gasteiger partial charge in [-0.3, -0.25) is 10.1 Å². The maximum atomic E-state index is 12.3. The molecule has 0 aliphatic rings. The number of aromatic nitrogens is 3. The van der Waals surface area contributed by atoms with Gasteiger partial charge in [0.2, 0.25) is 0 Å². The Hall–Kier alpha value is -2.49. The summed E-state index contributed by atoms with van der Waals surface area (Å²) in [6, 6.07) is 11.2. The fourth-order valence-electron chi connectivity index (χ4n) is 2.31. The summed E-state index contributed by atoms with van der Waals surface area (Å²) in [4.78, 5) is 16.8. The summed E-state index contributed by atoms with van der Waals surface area (Å²) >= 11 is 7.82. The van der Waals surface area contributed by atoms with E-state index < -0.39 is 0 Å². The Morgan fingerprint density at radius 3 is 2.76 bits per heavy atom. The molecule has 4 rings (SSSR count). The Labute approximate surface area is 156 Å². The quantitative estimate of drug-likeness (QED) is 0.512. The van der Waals surface area contributed by atoms with E-state index >= 15 is 0 Å². The van der Waals surface area contributed by atoms with Crippen LogP contribution in [0.4, 0.5) is 5.13 Å². The van der Waals surface area contributed by atoms with Crippen molar-refractivity contribution < 1.29 is 4.79 Å². The summed E-state index contributed by atoms with van der Waals surface area (Å²) in [6.07, 6.45) is 0. The topological polar surface area (TPSA) is 79.8 Å². The summed E-state index contributed by atoms with van der Waals surface area (Å²) in [5.41, 5.74) is 4.01. The van der Waals surface area contributed by atoms with Gasteiger partial charge in [0.15, 0.2) is 10.2 Å². The van der Waals surface area contributed by atoms with Crippen molar-refractivity contribution >= 4 is 72.7 Å². The number of aryl methyl sites for hydroxylation is 1. The molecular weight excluding hydrogens is 374 g/mol. The van der Waals surface area contributed by atoms with Gasteiger partial charge in [0, 0.05) is 5.56 Å². The lowest BCUT2D eigenvalue weighted by Gasteiger charge is -2.06. The number of thiazole rings is 1. The highest BCUT2D eigenvalue weighted by atomic mass is 32.1. The summed E-state index contributed by atoms with van der Waals surface area (Å²) < 4.78 is 9.32. The molecule has 0 fully saturated rings. The Balaban J connectivity index is 1.47. The molecule has 2 N–H and O–H groups in total. The van der Waals surface area contributed by atoms with Crippen molar-refractivity contribution in [2.45, 2.75) is 6.92 Å². The van der Waals surface area contributed by atoms with Crippen molar-refractivity contribution in [1.82, 2.24) is 19.0 Å². The highest BCUT2D eigenvalue weighted by Crippen LogP contribution is 2.26. The van der Waals surface area contributed by atoms with E-state index in [4.69, 9.17) is 12.2 Å². The van der Waals surface area contributed by atoms with Crippen LogP contribution in [-0.2, 0) is 0 Å². The summed E-state index contributed by atoms with van der Waals surface area (Å²) in [5.74, 6) is -0.302. The van der Waals surface area contributed by atoms with Gasteiger partial charge in [-0.15, -0.1) is 0 Å². The Morgan fingerprint density at radius 1 is 1.08 bits per heavy atom. The van der Waals surface area contributed by atoms with Crippen molar-refractivity contribution in [2.75, 3.05) is 5.32 Å². The van der Waals surface area contributed by atoms with Gasteiger partial charge >= 0.3 is 0 Å². The molecule has 0 saturated carbocycles. The predicted molar refractivity (Wildman–Crippen MR) is 105 cm³/mol. The zero-order valence-corrected chi connectivity index (χ0v) is 15.4. The van der Waals surface area contributed by atoms with E-state index in [-0.39, 0.29) is 11.0 Å². The van der Waals surface area contributed by atoms with Crippen LogP contribution in [0.25, 0.3) is 21.3 Å². The number of hydrogen-bond acceptors (Lipinski definition) is 7. The third kappa shape index (κ3) is 3.34. The number of hydrogen-bond donors (Lipinski definition) is 2. The monoisotopic (exact) mass is 385 g/mol. The van der Waals surface area contributed by atoms with Gasteiger partial charge in [-0.05, 0) is 55.0 Å². The van der Waals surface area contributed by atoms with Gasteiger partial charge in [-0.2, -0.15) is 8.75 Å². The van der Waals surface area contributed by atoms with E-state index in [1.807, 2.05) is 19.1 Å². The van der Waals surface area contributed by atoms with Gasteiger partial charge in [0.1, 0.15) is 11.0 Å². The van der Waals surface area contributed by atoms with Crippen LogP contribution in [0.1, 0.15) is 15.9 Å². The third-order valence-electron chi connectivity index (χ3n) is 3.51. The zero-order valence-electron chi connectivity index (χ0n) is 12.9. The number of nitrogens with zero attached hydrogens (tertiary/aromatic N) is 3. The number of rotatable bonds is 2. The molecule has 25 heavy (non-hydrogen) atoms. The van der Waals surface area contributed by atoms with Gasteiger partial charge in [0.25, 0.3) is 5.91 Å². The lowest BCUT2D eigenvalue weighted by molar-refractivity contribution is 0.0978. The minimum atomic E-state index is -0.302. The molecule has 0 atom stereocenters. The van der Waals surface area contributed by atoms with Crippen molar-refractivity contribution in [3.63, 3.8) is 0 Å². The van der Waals surface area contributed by atoms with E-state index in [0.29, 0.717) is 16.2 Å². The van der Waals surface area contributed by atoms with Crippen LogP contribution in [-0.4, -0.2) is 24.8 Å². The van der Waals surface area contributed by atoms with E-state index in [1.54, 1.807) is 18.2 Å². The molecule has 2 aromatic carbocycles. The maximum absolute atomic E-state index is 12.3. The molecule has 9 heteroatoms. The molecule has 0 unspecified atom stereocenters. The second-order valence-electron chi connectivity index (χ2n) is 5.37. The smallest absolute Gasteiger partial charge is 0.257 e. The number of nitrogens with one attached hydrogen (secondary N) is 2. The second-order valence-corrected chi connectivity index (χ2v) is 7.33. The molecule has 2 aromatic heterocycles. The first-order chi connectivity index (χ1) is 12.1. The van der Waals surface area contributed by atoms with Crippen LogP contribution in [0.3, 0.4) is 0 Å². The number of anilines is 1. The molecule has 124 valence electrons. The van der Waals surface area contributed by atoms with Crippen molar-refractivity contribution in [2.24, 2.45) is 0 Å². The zero-order chi connectivity index (χ0) is 17.4. The number of benzene rings is 2. The third-order valence-corrected chi connectivity index (χ3v) is 5.20. The number of fused-ring (bicyclic) bond motifs is 2. The standard InChI is InChI=1S/C16H11N5OS3/c1-8-2-4-11-13(6-8)24-16(17-11)19-15(23)18-14(22)9-3-5-10-12(7-9)21-25-20-10/h2-7H,1H3,(H2,17,18,19,22,23). The first kappa shape index (κ1) is 16.0. The van der Waals surface area contributed by atoms with Crippen molar-refractivity contribution in [3.05, 3.63) is 47.5 Å². The van der Waals surface area contributed by atoms with E-state index in [1.165, 1.54) is 16.9 Å². The summed E-state index contributed by atoms with van der Waals surface area (Å²) in [6.45, 7) is 2.03. The molecule has 0 saturated heterocycles. The maximum Gasteiger partial charge on any atom is 0.257 e. The van der Waals surface area contributed by atoms with Crippen LogP contribution < -0.4 is 10.6 Å². The molecule has 6 nitrogen and oxygen atoms in total. The normalized spacial score (nSPS) is 10.9.